The van der Waals surface area contributed by atoms with Gasteiger partial charge in [0, 0.05) is 169 Å². The van der Waals surface area contributed by atoms with Gasteiger partial charge in [0.1, 0.15) is 5.69 Å². The third-order valence-electron chi connectivity index (χ3n) is 13.6. The Labute approximate surface area is 689 Å². The minimum atomic E-state index is -0.990. The van der Waals surface area contributed by atoms with Crippen molar-refractivity contribution >= 4 is 61.6 Å². The normalized spacial score (nSPS) is 10.9. The molecule has 0 atom stereocenters. The van der Waals surface area contributed by atoms with Gasteiger partial charge >= 0.3 is 26.1 Å². The average Bonchev–Trinajstić information content (AvgIpc) is 1.71. The Morgan fingerprint density at radius 1 is 0.579 bits per heavy atom. The van der Waals surface area contributed by atoms with Crippen LogP contribution in [-0.4, -0.2) is 65.9 Å². The molecule has 107 heavy (non-hydrogen) atoms. The molecule has 2 N–H and O–H groups in total. The van der Waals surface area contributed by atoms with Gasteiger partial charge in [0.25, 0.3) is 0 Å². The molecule has 0 amide bonds. The van der Waals surface area contributed by atoms with Crippen molar-refractivity contribution in [3.05, 3.63) is 363 Å². The molecule has 13 aromatic rings. The fourth-order valence-corrected chi connectivity index (χ4v) is 10.0. The Hall–Kier alpha value is -9.68. The summed E-state index contributed by atoms with van der Waals surface area (Å²) in [5, 5.41) is 17.9. The number of hydrogen-bond donors (Lipinski definition) is 2. The molecule has 4 radical (unpaired) electrons. The predicted octanol–water partition coefficient (Wildman–Crippen LogP) is 18.9. The number of allylic oxidation sites excluding steroid dienone is 2. The van der Waals surface area contributed by atoms with Crippen molar-refractivity contribution in [2.75, 3.05) is 28.8 Å². The van der Waals surface area contributed by atoms with Gasteiger partial charge in [-0.1, -0.05) is 96.1 Å². The number of carbonyl (C=O) groups is 2. The Morgan fingerprint density at radius 2 is 1.19 bits per heavy atom. The molecule has 0 saturated carbocycles. The SMILES string of the molecule is CC(=O)C=C(C)O.CN1C=CN(c2[c-]cc(F)cc2)[CH-]1.CN1[CH-]N(c2[c-]cccc2)c2ccccc21.Fc1c[c-]c(-c2ccccn2)c(F)c1.O=C(O)c1ccccn1.[C-]#[N+]c1c(F)c[c-]c(-c2cc(C)ccn2)c1F.[Ir+3].[Ir].[Ir].[Ir].[Ir].[c-]1c(-c2ccccn2)sc2ccccc12.c1ccc(-c2ccc[n-]2)nc1. The number of hydrogen-bond acceptors (Lipinski definition) is 13. The van der Waals surface area contributed by atoms with Crippen LogP contribution >= 0.6 is 11.3 Å². The summed E-state index contributed by atoms with van der Waals surface area (Å²) in [7, 11) is 3.99. The van der Waals surface area contributed by atoms with E-state index in [2.05, 4.69) is 137 Å². The standard InChI is InChI=1S/C14H12N2.C13H7F2N2.C13H8NS.C11H6F2N.C10H9FN2.C9H7N2.C6H5NO2.C5H8O2.5Ir/c1-15-11-16(12-7-3-2-4-8-12)14-10-6-5-9-13(14)15;1-8-5-6-17-11(7-8)9-3-4-10(14)13(16-2)12(9)15;1-2-7-12-10(5-1)9-13(15-12)11-6-3-4-8-14-11;12-8-4-5-9(10(13)7-8)11-3-1-2-6-14-11;1-12-6-7-13(8-12)10-4-2-9(11)3-5-10;1-2-6-10-8(4-1)9-5-3-7-11-9;8-6(9)5-3-1-2-4-7-5;1-4(6)3-5(2)7;;;;;/h2-7,9-11H,1H3;4-7H,1H3;1-8H;1-4,6-7H;2-4,6-8H,1H3;1-7H;1-4H,(H,8,9);3,6H,1-2H3;;;;;/q-2;3*-1;-2;-1;;;;;;;+3. The van der Waals surface area contributed by atoms with Gasteiger partial charge in [-0.25, -0.2) is 21.1 Å². The van der Waals surface area contributed by atoms with Crippen LogP contribution in [0.1, 0.15) is 29.9 Å². The van der Waals surface area contributed by atoms with Crippen LogP contribution in [-0.2, 0) is 105 Å². The fraction of sp³-hybridized carbons (Fsp3) is 0.0617. The number of rotatable bonds is 8. The molecule has 26 heteroatoms. The van der Waals surface area contributed by atoms with Crippen LogP contribution in [0.2, 0.25) is 0 Å². The number of aryl methyl sites for hydroxylation is 1. The largest absolute Gasteiger partial charge is 3.00 e. The molecular weight excluding hydrogens is 2280 g/mol. The number of aromatic carboxylic acids is 1. The number of para-hydroxylation sites is 3. The van der Waals surface area contributed by atoms with E-state index < -0.39 is 34.9 Å². The van der Waals surface area contributed by atoms with Crippen LogP contribution in [0.3, 0.4) is 0 Å². The van der Waals surface area contributed by atoms with Crippen molar-refractivity contribution in [2.24, 2.45) is 0 Å². The predicted molar refractivity (Wildman–Crippen MR) is 388 cm³/mol. The average molecular weight is 2340 g/mol. The minimum Gasteiger partial charge on any atom is -0.662 e. The number of aliphatic hydroxyl groups excluding tert-OH is 1. The van der Waals surface area contributed by atoms with Crippen LogP contribution in [0.15, 0.2) is 268 Å². The molecule has 2 aliphatic heterocycles. The van der Waals surface area contributed by atoms with Crippen molar-refractivity contribution in [1.29, 1.82) is 0 Å². The van der Waals surface area contributed by atoms with Gasteiger partial charge in [-0.2, -0.15) is 55.9 Å². The second-order valence-electron chi connectivity index (χ2n) is 21.4. The monoisotopic (exact) mass is 2340 g/mol. The molecule has 6 aromatic carbocycles. The summed E-state index contributed by atoms with van der Waals surface area (Å²) < 4.78 is 66.6. The summed E-state index contributed by atoms with van der Waals surface area (Å²) in [5.41, 5.74) is 8.54. The van der Waals surface area contributed by atoms with E-state index in [-0.39, 0.29) is 135 Å². The molecule has 0 fully saturated rings. The third-order valence-corrected chi connectivity index (χ3v) is 14.7. The van der Waals surface area contributed by atoms with Gasteiger partial charge in [-0.15, -0.1) is 88.7 Å². The van der Waals surface area contributed by atoms with Gasteiger partial charge < -0.3 is 49.7 Å². The summed E-state index contributed by atoms with van der Waals surface area (Å²) in [6.07, 6.45) is 14.8. The summed E-state index contributed by atoms with van der Waals surface area (Å²) in [5.74, 6) is -4.43. The number of anilines is 4. The smallest absolute Gasteiger partial charge is 0.662 e. The quantitative estimate of drug-likeness (QED) is 0.0637. The first kappa shape index (κ1) is 91.5. The Kier molecular flexibility index (Phi) is 40.9. The van der Waals surface area contributed by atoms with Crippen molar-refractivity contribution in [1.82, 2.24) is 34.8 Å². The fourth-order valence-electron chi connectivity index (χ4n) is 9.02. The van der Waals surface area contributed by atoms with Gasteiger partial charge in [0.2, 0.25) is 0 Å². The molecule has 0 saturated heterocycles. The number of aromatic nitrogens is 6. The molecule has 9 heterocycles. The maximum absolute atomic E-state index is 13.8. The Bertz CT molecular complexity index is 4880. The number of carbonyl (C=O) groups excluding carboxylic acids is 1. The van der Waals surface area contributed by atoms with Gasteiger partial charge in [0.15, 0.2) is 11.5 Å². The van der Waals surface area contributed by atoms with Crippen molar-refractivity contribution in [2.45, 2.75) is 20.8 Å². The van der Waals surface area contributed by atoms with Gasteiger partial charge in [-0.3, -0.25) is 36.6 Å². The zero-order valence-corrected chi connectivity index (χ0v) is 69.9. The van der Waals surface area contributed by atoms with Crippen LogP contribution < -0.4 is 19.7 Å². The molecule has 0 unspecified atom stereocenters. The maximum atomic E-state index is 13.8. The number of fused-ring (bicyclic) bond motifs is 2. The van der Waals surface area contributed by atoms with Gasteiger partial charge in [-0.05, 0) is 123 Å². The zero-order chi connectivity index (χ0) is 72.8. The number of carboxylic acid groups (broad SMARTS) is 1. The Morgan fingerprint density at radius 3 is 1.71 bits per heavy atom. The van der Waals surface area contributed by atoms with E-state index >= 15 is 0 Å². The molecule has 0 bridgehead atoms. The molecular formula is C81H62F5Ir5N11O4S-5. The molecule has 2 aliphatic rings. The van der Waals surface area contributed by atoms with E-state index in [4.69, 9.17) is 16.8 Å². The first-order valence-electron chi connectivity index (χ1n) is 30.8. The van der Waals surface area contributed by atoms with Crippen LogP contribution in [0.4, 0.5) is 50.4 Å². The van der Waals surface area contributed by atoms with E-state index in [1.54, 1.807) is 78.5 Å². The number of aliphatic hydroxyl groups is 1. The van der Waals surface area contributed by atoms with Crippen LogP contribution in [0.25, 0.3) is 59.4 Å². The molecule has 0 aliphatic carbocycles. The van der Waals surface area contributed by atoms with E-state index in [1.165, 1.54) is 72.0 Å². The number of pyridine rings is 5. The van der Waals surface area contributed by atoms with Crippen LogP contribution in [0, 0.1) is 86.3 Å². The summed E-state index contributed by atoms with van der Waals surface area (Å²) in [6, 6.07) is 75.2. The van der Waals surface area contributed by atoms with Crippen molar-refractivity contribution in [3.63, 3.8) is 0 Å². The molecule has 15 nitrogen and oxygen atoms in total. The third kappa shape index (κ3) is 28.9. The second kappa shape index (κ2) is 47.8. The topological polar surface area (TPSA) is 170 Å². The first-order valence-corrected chi connectivity index (χ1v) is 31.6. The minimum absolute atomic E-state index is 0. The number of thiophene rings is 1. The number of carboxylic acids is 1. The molecule has 15 rings (SSSR count). The van der Waals surface area contributed by atoms with E-state index in [1.807, 2.05) is 122 Å². The van der Waals surface area contributed by atoms with E-state index in [0.29, 0.717) is 11.4 Å². The molecule has 556 valence electrons. The molecule has 0 spiro atoms. The van der Waals surface area contributed by atoms with Crippen molar-refractivity contribution in [3.8, 4) is 44.5 Å². The second-order valence-corrected chi connectivity index (χ2v) is 22.4. The van der Waals surface area contributed by atoms with Crippen molar-refractivity contribution < 1.29 is 142 Å². The summed E-state index contributed by atoms with van der Waals surface area (Å²) in [4.78, 5) is 56.3. The van der Waals surface area contributed by atoms with Gasteiger partial charge in [0.05, 0.1) is 12.3 Å². The maximum Gasteiger partial charge on any atom is 3.00 e. The van der Waals surface area contributed by atoms with Crippen LogP contribution in [0.5, 0.6) is 0 Å². The summed E-state index contributed by atoms with van der Waals surface area (Å²) in [6.45, 7) is 15.4. The Balaban J connectivity index is 0.000000319. The summed E-state index contributed by atoms with van der Waals surface area (Å²) >= 11 is 1.73. The molecule has 7 aromatic heterocycles. The zero-order valence-electron chi connectivity index (χ0n) is 57.1. The van der Waals surface area contributed by atoms with E-state index in [9.17, 15) is 31.5 Å². The van der Waals surface area contributed by atoms with E-state index in [0.717, 1.165) is 57.1 Å². The number of benzene rings is 6. The first-order chi connectivity index (χ1) is 49.3. The number of halogens is 5. The number of nitrogens with zero attached hydrogens (tertiary/aromatic N) is 11. The number of ketones is 1.